The molecule has 0 bridgehead atoms. The van der Waals surface area contributed by atoms with Gasteiger partial charge in [0.1, 0.15) is 0 Å². The van der Waals surface area contributed by atoms with Gasteiger partial charge in [-0.2, -0.15) is 0 Å². The first-order chi connectivity index (χ1) is 7.24. The van der Waals surface area contributed by atoms with Crippen LogP contribution in [0.1, 0.15) is 5.69 Å². The van der Waals surface area contributed by atoms with Gasteiger partial charge in [0.05, 0.1) is 5.69 Å². The lowest BCUT2D eigenvalue weighted by atomic mass is 10.0. The van der Waals surface area contributed by atoms with E-state index in [-0.39, 0.29) is 0 Å². The molecule has 1 aromatic rings. The van der Waals surface area contributed by atoms with Gasteiger partial charge in [0.2, 0.25) is 5.95 Å². The fraction of sp³-hybridized carbons (Fsp3) is 0.727. The van der Waals surface area contributed by atoms with Crippen LogP contribution in [0, 0.1) is 18.8 Å². The third-order valence-electron chi connectivity index (χ3n) is 3.64. The predicted octanol–water partition coefficient (Wildman–Crippen LogP) is 0.384. The summed E-state index contributed by atoms with van der Waals surface area (Å²) in [5.74, 6) is 2.81. The Bertz CT molecular complexity index is 359. The van der Waals surface area contributed by atoms with Crippen LogP contribution < -0.4 is 10.2 Å². The molecule has 3 rings (SSSR count). The smallest absolute Gasteiger partial charge is 0.205 e. The number of nitrogens with one attached hydrogen (secondary N) is 1. The van der Waals surface area contributed by atoms with Crippen molar-refractivity contribution in [2.24, 2.45) is 18.9 Å². The second-order valence-corrected chi connectivity index (χ2v) is 4.88. The highest BCUT2D eigenvalue weighted by Crippen LogP contribution is 2.29. The fourth-order valence-electron chi connectivity index (χ4n) is 2.92. The van der Waals surface area contributed by atoms with Crippen LogP contribution in [0.25, 0.3) is 0 Å². The van der Waals surface area contributed by atoms with Crippen molar-refractivity contribution in [3.8, 4) is 0 Å². The molecule has 2 aliphatic rings. The Morgan fingerprint density at radius 1 is 1.33 bits per heavy atom. The molecule has 82 valence electrons. The van der Waals surface area contributed by atoms with Gasteiger partial charge in [0.25, 0.3) is 0 Å². The van der Waals surface area contributed by atoms with Crippen molar-refractivity contribution >= 4 is 5.95 Å². The lowest BCUT2D eigenvalue weighted by Crippen LogP contribution is -2.27. The van der Waals surface area contributed by atoms with E-state index in [1.165, 1.54) is 26.2 Å². The minimum atomic E-state index is 0.835. The van der Waals surface area contributed by atoms with Crippen LogP contribution in [0.2, 0.25) is 0 Å². The Hall–Kier alpha value is -1.03. The van der Waals surface area contributed by atoms with E-state index in [1.54, 1.807) is 0 Å². The second kappa shape index (κ2) is 3.23. The summed E-state index contributed by atoms with van der Waals surface area (Å²) in [5.41, 5.74) is 1.11. The zero-order chi connectivity index (χ0) is 10.4. The predicted molar refractivity (Wildman–Crippen MR) is 60.0 cm³/mol. The molecule has 0 radical (unpaired) electrons. The highest BCUT2D eigenvalue weighted by atomic mass is 15.3. The van der Waals surface area contributed by atoms with Gasteiger partial charge in [0, 0.05) is 39.4 Å². The van der Waals surface area contributed by atoms with Crippen LogP contribution in [0.4, 0.5) is 5.95 Å². The molecule has 2 atom stereocenters. The number of hydrogen-bond acceptors (Lipinski definition) is 3. The molecule has 2 fully saturated rings. The lowest BCUT2D eigenvalue weighted by Gasteiger charge is -2.18. The first-order valence-electron chi connectivity index (χ1n) is 5.69. The molecule has 0 aromatic carbocycles. The zero-order valence-electron chi connectivity index (χ0n) is 9.40. The zero-order valence-corrected chi connectivity index (χ0v) is 9.40. The normalized spacial score (nSPS) is 29.9. The van der Waals surface area contributed by atoms with Gasteiger partial charge in [-0.15, -0.1) is 0 Å². The van der Waals surface area contributed by atoms with Crippen LogP contribution in [0.15, 0.2) is 6.20 Å². The largest absolute Gasteiger partial charge is 0.342 e. The SMILES string of the molecule is Cc1cn(C)c(N2CC3CNCC3C2)n1. The Morgan fingerprint density at radius 3 is 2.53 bits per heavy atom. The van der Waals surface area contributed by atoms with Crippen molar-refractivity contribution < 1.29 is 0 Å². The summed E-state index contributed by atoms with van der Waals surface area (Å²) < 4.78 is 2.14. The van der Waals surface area contributed by atoms with E-state index in [4.69, 9.17) is 0 Å². The van der Waals surface area contributed by atoms with Crippen molar-refractivity contribution in [3.05, 3.63) is 11.9 Å². The minimum absolute atomic E-state index is 0.835. The second-order valence-electron chi connectivity index (χ2n) is 4.88. The van der Waals surface area contributed by atoms with Gasteiger partial charge >= 0.3 is 0 Å². The van der Waals surface area contributed by atoms with E-state index in [9.17, 15) is 0 Å². The van der Waals surface area contributed by atoms with E-state index in [0.717, 1.165) is 23.5 Å². The molecule has 0 spiro atoms. The minimum Gasteiger partial charge on any atom is -0.342 e. The lowest BCUT2D eigenvalue weighted by molar-refractivity contribution is 0.533. The van der Waals surface area contributed by atoms with Gasteiger partial charge in [-0.3, -0.25) is 0 Å². The van der Waals surface area contributed by atoms with Crippen LogP contribution in [-0.4, -0.2) is 35.7 Å². The summed E-state index contributed by atoms with van der Waals surface area (Å²) >= 11 is 0. The molecule has 2 unspecified atom stereocenters. The van der Waals surface area contributed by atoms with E-state index in [0.29, 0.717) is 0 Å². The third-order valence-corrected chi connectivity index (χ3v) is 3.64. The van der Waals surface area contributed by atoms with Gasteiger partial charge in [-0.05, 0) is 18.8 Å². The Kier molecular flexibility index (Phi) is 1.99. The van der Waals surface area contributed by atoms with Crippen molar-refractivity contribution in [1.29, 1.82) is 0 Å². The topological polar surface area (TPSA) is 33.1 Å². The highest BCUT2D eigenvalue weighted by Gasteiger charge is 2.37. The third kappa shape index (κ3) is 1.44. The monoisotopic (exact) mass is 206 g/mol. The summed E-state index contributed by atoms with van der Waals surface area (Å²) in [7, 11) is 2.09. The summed E-state index contributed by atoms with van der Waals surface area (Å²) in [6, 6.07) is 0. The van der Waals surface area contributed by atoms with Crippen molar-refractivity contribution in [2.45, 2.75) is 6.92 Å². The van der Waals surface area contributed by atoms with E-state index >= 15 is 0 Å². The number of anilines is 1. The van der Waals surface area contributed by atoms with Crippen molar-refractivity contribution in [3.63, 3.8) is 0 Å². The molecule has 2 saturated heterocycles. The first kappa shape index (κ1) is 9.21. The van der Waals surface area contributed by atoms with Crippen LogP contribution in [0.3, 0.4) is 0 Å². The van der Waals surface area contributed by atoms with Gasteiger partial charge in [0.15, 0.2) is 0 Å². The quantitative estimate of drug-likeness (QED) is 0.721. The molecule has 0 aliphatic carbocycles. The summed E-state index contributed by atoms with van der Waals surface area (Å²) in [5, 5.41) is 3.46. The van der Waals surface area contributed by atoms with Crippen molar-refractivity contribution in [2.75, 3.05) is 31.1 Å². The molecular weight excluding hydrogens is 188 g/mol. The molecule has 4 nitrogen and oxygen atoms in total. The number of aromatic nitrogens is 2. The number of aryl methyl sites for hydroxylation is 2. The van der Waals surface area contributed by atoms with Crippen molar-refractivity contribution in [1.82, 2.24) is 14.9 Å². The van der Waals surface area contributed by atoms with Gasteiger partial charge in [-0.25, -0.2) is 4.98 Å². The number of imidazole rings is 1. The number of hydrogen-bond donors (Lipinski definition) is 1. The first-order valence-corrected chi connectivity index (χ1v) is 5.69. The summed E-state index contributed by atoms with van der Waals surface area (Å²) in [4.78, 5) is 7.02. The molecule has 1 aromatic heterocycles. The maximum Gasteiger partial charge on any atom is 0.205 e. The Balaban J connectivity index is 1.82. The van der Waals surface area contributed by atoms with Crippen LogP contribution in [-0.2, 0) is 7.05 Å². The van der Waals surface area contributed by atoms with E-state index < -0.39 is 0 Å². The van der Waals surface area contributed by atoms with Gasteiger partial charge in [-0.1, -0.05) is 0 Å². The number of nitrogens with zero attached hydrogens (tertiary/aromatic N) is 3. The number of rotatable bonds is 1. The molecule has 1 N–H and O–H groups in total. The number of fused-ring (bicyclic) bond motifs is 1. The maximum absolute atomic E-state index is 4.59. The van der Waals surface area contributed by atoms with Crippen LogP contribution >= 0.6 is 0 Å². The molecule has 2 aliphatic heterocycles. The highest BCUT2D eigenvalue weighted by molar-refractivity contribution is 5.35. The van der Waals surface area contributed by atoms with E-state index in [2.05, 4.69) is 39.9 Å². The maximum atomic E-state index is 4.59. The average molecular weight is 206 g/mol. The van der Waals surface area contributed by atoms with Crippen LogP contribution in [0.5, 0.6) is 0 Å². The fourth-order valence-corrected chi connectivity index (χ4v) is 2.92. The molecule has 15 heavy (non-hydrogen) atoms. The molecule has 4 heteroatoms. The molecular formula is C11H18N4. The molecule has 3 heterocycles. The van der Waals surface area contributed by atoms with E-state index in [1.807, 2.05) is 0 Å². The van der Waals surface area contributed by atoms with Gasteiger partial charge < -0.3 is 14.8 Å². The molecule has 0 amide bonds. The summed E-state index contributed by atoms with van der Waals surface area (Å²) in [6.07, 6.45) is 2.10. The Labute approximate surface area is 90.3 Å². The Morgan fingerprint density at radius 2 is 2.00 bits per heavy atom. The standard InChI is InChI=1S/C11H18N4/c1-8-5-14(2)11(13-8)15-6-9-3-12-4-10(9)7-15/h5,9-10,12H,3-4,6-7H2,1-2H3. The molecule has 0 saturated carbocycles. The summed E-state index contributed by atoms with van der Waals surface area (Å²) in [6.45, 7) is 6.76. The average Bonchev–Trinajstić information content (AvgIpc) is 2.77.